The Labute approximate surface area is 140 Å². The van der Waals surface area contributed by atoms with Gasteiger partial charge >= 0.3 is 0 Å². The average molecular weight is 354 g/mol. The van der Waals surface area contributed by atoms with Crippen molar-refractivity contribution in [2.75, 3.05) is 26.2 Å². The van der Waals surface area contributed by atoms with Gasteiger partial charge in [0.1, 0.15) is 5.82 Å². The number of sulfonamides is 1. The summed E-state index contributed by atoms with van der Waals surface area (Å²) in [4.78, 5) is 6.36. The van der Waals surface area contributed by atoms with E-state index in [4.69, 9.17) is 4.52 Å². The van der Waals surface area contributed by atoms with Gasteiger partial charge < -0.3 is 4.52 Å². The number of aromatic nitrogens is 2. The van der Waals surface area contributed by atoms with Gasteiger partial charge in [0.15, 0.2) is 5.82 Å². The number of rotatable bonds is 4. The molecule has 7 nitrogen and oxygen atoms in total. The van der Waals surface area contributed by atoms with E-state index in [-0.39, 0.29) is 4.90 Å². The van der Waals surface area contributed by atoms with E-state index in [0.29, 0.717) is 50.0 Å². The Hall–Kier alpha value is -1.84. The van der Waals surface area contributed by atoms with E-state index < -0.39 is 15.8 Å². The summed E-state index contributed by atoms with van der Waals surface area (Å²) < 4.78 is 45.0. The highest BCUT2D eigenvalue weighted by molar-refractivity contribution is 7.89. The number of benzene rings is 1. The topological polar surface area (TPSA) is 79.5 Å². The van der Waals surface area contributed by atoms with Gasteiger partial charge in [0, 0.05) is 33.1 Å². The number of hydrogen-bond acceptors (Lipinski definition) is 6. The van der Waals surface area contributed by atoms with Gasteiger partial charge in [-0.25, -0.2) is 12.8 Å². The van der Waals surface area contributed by atoms with Crippen molar-refractivity contribution in [1.29, 1.82) is 0 Å². The molecule has 0 aliphatic carbocycles. The zero-order chi connectivity index (χ0) is 17.3. The third kappa shape index (κ3) is 3.47. The Kier molecular flexibility index (Phi) is 4.66. The molecule has 1 aliphatic heterocycles. The summed E-state index contributed by atoms with van der Waals surface area (Å²) in [6.45, 7) is 5.71. The normalized spacial score (nSPS) is 17.3. The Bertz CT molecular complexity index is 829. The highest BCUT2D eigenvalue weighted by atomic mass is 32.2. The van der Waals surface area contributed by atoms with Crippen molar-refractivity contribution in [1.82, 2.24) is 19.3 Å². The second-order valence-electron chi connectivity index (χ2n) is 5.82. The van der Waals surface area contributed by atoms with E-state index in [9.17, 15) is 12.8 Å². The molecule has 1 saturated heterocycles. The maximum atomic E-state index is 13.4. The lowest BCUT2D eigenvalue weighted by molar-refractivity contribution is 0.176. The summed E-state index contributed by atoms with van der Waals surface area (Å²) in [5, 5.41) is 3.85. The van der Waals surface area contributed by atoms with Crippen LogP contribution in [-0.4, -0.2) is 53.9 Å². The Balaban J connectivity index is 1.65. The summed E-state index contributed by atoms with van der Waals surface area (Å²) in [6, 6.07) is 3.88. The van der Waals surface area contributed by atoms with Gasteiger partial charge in [-0.1, -0.05) is 5.16 Å². The average Bonchev–Trinajstić information content (AvgIpc) is 2.95. The summed E-state index contributed by atoms with van der Waals surface area (Å²) in [5.41, 5.74) is 0.321. The lowest BCUT2D eigenvalue weighted by Gasteiger charge is -2.33. The van der Waals surface area contributed by atoms with Gasteiger partial charge in [-0.3, -0.25) is 4.90 Å². The molecule has 0 atom stereocenters. The van der Waals surface area contributed by atoms with Gasteiger partial charge in [-0.2, -0.15) is 9.29 Å². The largest absolute Gasteiger partial charge is 0.340 e. The van der Waals surface area contributed by atoms with Gasteiger partial charge in [-0.05, 0) is 30.7 Å². The summed E-state index contributed by atoms with van der Waals surface area (Å²) in [5.74, 6) is 0.699. The molecule has 9 heteroatoms. The lowest BCUT2D eigenvalue weighted by Crippen LogP contribution is -2.48. The highest BCUT2D eigenvalue weighted by Crippen LogP contribution is 2.20. The minimum Gasteiger partial charge on any atom is -0.340 e. The summed E-state index contributed by atoms with van der Waals surface area (Å²) in [6.07, 6.45) is 0. The van der Waals surface area contributed by atoms with Crippen LogP contribution in [0, 0.1) is 19.7 Å². The molecule has 0 saturated carbocycles. The Morgan fingerprint density at radius 2 is 1.92 bits per heavy atom. The van der Waals surface area contributed by atoms with Crippen molar-refractivity contribution in [2.24, 2.45) is 0 Å². The smallest absolute Gasteiger partial charge is 0.243 e. The summed E-state index contributed by atoms with van der Waals surface area (Å²) >= 11 is 0. The molecule has 0 N–H and O–H groups in total. The third-order valence-corrected chi connectivity index (χ3v) is 5.93. The van der Waals surface area contributed by atoms with E-state index >= 15 is 0 Å². The van der Waals surface area contributed by atoms with Crippen LogP contribution in [0.15, 0.2) is 27.6 Å². The predicted molar refractivity (Wildman–Crippen MR) is 84.2 cm³/mol. The van der Waals surface area contributed by atoms with E-state index in [1.807, 2.05) is 0 Å². The van der Waals surface area contributed by atoms with Crippen LogP contribution in [0.5, 0.6) is 0 Å². The van der Waals surface area contributed by atoms with E-state index in [1.54, 1.807) is 13.8 Å². The van der Waals surface area contributed by atoms with Gasteiger partial charge in [0.2, 0.25) is 15.9 Å². The first-order valence-corrected chi connectivity index (χ1v) is 9.08. The minimum atomic E-state index is -3.60. The number of aryl methyl sites for hydroxylation is 2. The van der Waals surface area contributed by atoms with Crippen molar-refractivity contribution >= 4 is 10.0 Å². The fourth-order valence-corrected chi connectivity index (χ4v) is 4.17. The van der Waals surface area contributed by atoms with Crippen LogP contribution in [-0.2, 0) is 16.6 Å². The van der Waals surface area contributed by atoms with E-state index in [2.05, 4.69) is 15.0 Å². The number of piperazine rings is 1. The van der Waals surface area contributed by atoms with Crippen molar-refractivity contribution < 1.29 is 17.3 Å². The molecule has 130 valence electrons. The molecule has 0 radical (unpaired) electrons. The van der Waals surface area contributed by atoms with Gasteiger partial charge in [0.05, 0.1) is 11.4 Å². The van der Waals surface area contributed by atoms with E-state index in [0.717, 1.165) is 0 Å². The first-order chi connectivity index (χ1) is 11.4. The van der Waals surface area contributed by atoms with Crippen LogP contribution in [0.3, 0.4) is 0 Å². The third-order valence-electron chi connectivity index (χ3n) is 4.03. The molecule has 1 fully saturated rings. The Morgan fingerprint density at radius 1 is 1.21 bits per heavy atom. The molecular weight excluding hydrogens is 335 g/mol. The van der Waals surface area contributed by atoms with Crippen LogP contribution in [0.2, 0.25) is 0 Å². The van der Waals surface area contributed by atoms with Crippen LogP contribution in [0.1, 0.15) is 17.3 Å². The molecule has 2 aromatic rings. The van der Waals surface area contributed by atoms with Crippen LogP contribution >= 0.6 is 0 Å². The first-order valence-electron chi connectivity index (χ1n) is 7.64. The molecule has 0 bridgehead atoms. The van der Waals surface area contributed by atoms with Crippen molar-refractivity contribution in [2.45, 2.75) is 25.3 Å². The number of nitrogens with zero attached hydrogens (tertiary/aromatic N) is 4. The van der Waals surface area contributed by atoms with Crippen molar-refractivity contribution in [3.8, 4) is 0 Å². The maximum Gasteiger partial charge on any atom is 0.243 e. The molecule has 0 amide bonds. The van der Waals surface area contributed by atoms with Crippen LogP contribution in [0.25, 0.3) is 0 Å². The summed E-state index contributed by atoms with van der Waals surface area (Å²) in [7, 11) is -3.60. The molecule has 3 rings (SSSR count). The predicted octanol–water partition coefficient (Wildman–Crippen LogP) is 1.33. The second kappa shape index (κ2) is 6.58. The van der Waals surface area contributed by atoms with Crippen LogP contribution < -0.4 is 0 Å². The van der Waals surface area contributed by atoms with Gasteiger partial charge in [0.25, 0.3) is 0 Å². The number of halogens is 1. The standard InChI is InChI=1S/C15H19FN4O3S/c1-11-9-13(3-4-14(11)16)24(21,22)20-7-5-19(6-8-20)10-15-17-12(2)23-18-15/h3-4,9H,5-8,10H2,1-2H3. The zero-order valence-electron chi connectivity index (χ0n) is 13.6. The van der Waals surface area contributed by atoms with Gasteiger partial charge in [-0.15, -0.1) is 0 Å². The lowest BCUT2D eigenvalue weighted by atomic mass is 10.2. The molecule has 1 aliphatic rings. The minimum absolute atomic E-state index is 0.128. The zero-order valence-corrected chi connectivity index (χ0v) is 14.4. The molecule has 0 unspecified atom stereocenters. The maximum absolute atomic E-state index is 13.4. The number of hydrogen-bond donors (Lipinski definition) is 0. The second-order valence-corrected chi connectivity index (χ2v) is 7.76. The molecule has 24 heavy (non-hydrogen) atoms. The molecule has 2 heterocycles. The fourth-order valence-electron chi connectivity index (χ4n) is 2.66. The first kappa shape index (κ1) is 17.0. The van der Waals surface area contributed by atoms with Crippen molar-refractivity contribution in [3.05, 3.63) is 41.3 Å². The van der Waals surface area contributed by atoms with E-state index in [1.165, 1.54) is 22.5 Å². The molecule has 1 aromatic carbocycles. The monoisotopic (exact) mass is 354 g/mol. The Morgan fingerprint density at radius 3 is 2.50 bits per heavy atom. The highest BCUT2D eigenvalue weighted by Gasteiger charge is 2.29. The molecular formula is C15H19FN4O3S. The fraction of sp³-hybridized carbons (Fsp3) is 0.467. The molecule has 1 aromatic heterocycles. The molecule has 0 spiro atoms. The quantitative estimate of drug-likeness (QED) is 0.824. The van der Waals surface area contributed by atoms with Crippen molar-refractivity contribution in [3.63, 3.8) is 0 Å². The van der Waals surface area contributed by atoms with Crippen LogP contribution in [0.4, 0.5) is 4.39 Å². The SMILES string of the molecule is Cc1nc(CN2CCN(S(=O)(=O)c3ccc(F)c(C)c3)CC2)no1.